The van der Waals surface area contributed by atoms with Crippen LogP contribution in [0.15, 0.2) is 4.99 Å². The van der Waals surface area contributed by atoms with Gasteiger partial charge in [0.15, 0.2) is 6.04 Å². The van der Waals surface area contributed by atoms with Gasteiger partial charge in [0.1, 0.15) is 0 Å². The minimum atomic E-state index is -1.26. The zero-order valence-electron chi connectivity index (χ0n) is 5.40. The van der Waals surface area contributed by atoms with E-state index in [0.29, 0.717) is 0 Å². The summed E-state index contributed by atoms with van der Waals surface area (Å²) in [6, 6.07) is -2.09. The van der Waals surface area contributed by atoms with Crippen molar-refractivity contribution in [3.63, 3.8) is 0 Å². The van der Waals surface area contributed by atoms with E-state index in [1.165, 1.54) is 0 Å². The van der Waals surface area contributed by atoms with E-state index >= 15 is 0 Å². The molecule has 6 nitrogen and oxygen atoms in total. The number of nitrogens with zero attached hydrogens (tertiary/aromatic N) is 1. The highest BCUT2D eigenvalue weighted by atomic mass is 16.4. The van der Waals surface area contributed by atoms with Crippen LogP contribution in [0, 0.1) is 0 Å². The van der Waals surface area contributed by atoms with E-state index in [0.717, 1.165) is 0 Å². The fraction of sp³-hybridized carbons (Fsp3) is 0.400. The molecule has 11 heavy (non-hydrogen) atoms. The smallest absolute Gasteiger partial charge is 0.329 e. The molecule has 0 aromatic rings. The highest BCUT2D eigenvalue weighted by molar-refractivity contribution is 5.98. The Kier molecular flexibility index (Phi) is 1.75. The number of carbonyl (C=O) groups is 2. The van der Waals surface area contributed by atoms with Crippen LogP contribution in [0.25, 0.3) is 0 Å². The van der Waals surface area contributed by atoms with E-state index in [1.54, 1.807) is 0 Å². The summed E-state index contributed by atoms with van der Waals surface area (Å²) in [6.07, 6.45) is -0.263. The quantitative estimate of drug-likeness (QED) is 0.445. The van der Waals surface area contributed by atoms with Gasteiger partial charge in [-0.1, -0.05) is 0 Å². The fourth-order valence-electron chi connectivity index (χ4n) is 0.708. The Labute approximate surface area is 61.5 Å². The molecule has 1 unspecified atom stereocenters. The predicted octanol–water partition coefficient (Wildman–Crippen LogP) is -2.32. The van der Waals surface area contributed by atoms with Gasteiger partial charge in [-0.3, -0.25) is 9.79 Å². The lowest BCUT2D eigenvalue weighted by molar-refractivity contribution is -0.223. The van der Waals surface area contributed by atoms with Crippen molar-refractivity contribution in [3.8, 4) is 0 Å². The van der Waals surface area contributed by atoms with Crippen LogP contribution in [0.3, 0.4) is 0 Å². The number of amides is 1. The Bertz CT molecular complexity index is 235. The highest BCUT2D eigenvalue weighted by Crippen LogP contribution is 2.01. The Hall–Kier alpha value is -1.59. The fourth-order valence-corrected chi connectivity index (χ4v) is 0.708. The van der Waals surface area contributed by atoms with E-state index in [2.05, 4.69) is 4.99 Å². The second kappa shape index (κ2) is 2.57. The molecule has 1 aliphatic heterocycles. The number of carboxylic acids is 1. The number of rotatable bonds is 1. The van der Waals surface area contributed by atoms with Gasteiger partial charge in [-0.05, 0) is 0 Å². The highest BCUT2D eigenvalue weighted by Gasteiger charge is 2.23. The van der Waals surface area contributed by atoms with Crippen LogP contribution in [0.2, 0.25) is 0 Å². The Morgan fingerprint density at radius 1 is 1.82 bits per heavy atom. The number of aliphatic carboxylic acids is 1. The molecule has 1 heterocycles. The van der Waals surface area contributed by atoms with Crippen molar-refractivity contribution >= 4 is 17.9 Å². The third-order valence-electron chi connectivity index (χ3n) is 1.18. The molecular formula is C5H5N2O4-. The topological polar surface area (TPSA) is 102 Å². The summed E-state index contributed by atoms with van der Waals surface area (Å²) in [5.74, 6) is -1.86. The molecule has 6 heteroatoms. The third kappa shape index (κ3) is 1.66. The first-order chi connectivity index (χ1) is 5.09. The van der Waals surface area contributed by atoms with Crippen molar-refractivity contribution < 1.29 is 19.8 Å². The molecule has 1 aliphatic rings. The normalized spacial score (nSPS) is 23.8. The van der Waals surface area contributed by atoms with E-state index in [-0.39, 0.29) is 6.42 Å². The summed E-state index contributed by atoms with van der Waals surface area (Å²) in [5, 5.41) is 20.6. The molecule has 0 aliphatic carbocycles. The maximum atomic E-state index is 10.5. The Morgan fingerprint density at radius 3 is 2.91 bits per heavy atom. The largest absolute Gasteiger partial charge is 0.846 e. The van der Waals surface area contributed by atoms with Crippen LogP contribution in [0.4, 0.5) is 0 Å². The van der Waals surface area contributed by atoms with Gasteiger partial charge in [0, 0.05) is 0 Å². The van der Waals surface area contributed by atoms with Crippen molar-refractivity contribution in [2.24, 2.45) is 4.99 Å². The van der Waals surface area contributed by atoms with Crippen LogP contribution < -0.4 is 10.4 Å². The third-order valence-corrected chi connectivity index (χ3v) is 1.18. The van der Waals surface area contributed by atoms with E-state index in [1.807, 2.05) is 5.32 Å². The summed E-state index contributed by atoms with van der Waals surface area (Å²) >= 11 is 0. The molecule has 0 bridgehead atoms. The second-order valence-corrected chi connectivity index (χ2v) is 2.04. The number of carboxylic acid groups (broad SMARTS) is 1. The Balaban J connectivity index is 2.77. The molecule has 60 valence electrons. The maximum Gasteiger partial charge on any atom is 0.329 e. The van der Waals surface area contributed by atoms with Gasteiger partial charge < -0.3 is 15.5 Å². The molecule has 0 radical (unpaired) electrons. The van der Waals surface area contributed by atoms with Crippen LogP contribution in [0.5, 0.6) is 0 Å². The molecule has 1 amide bonds. The molecule has 0 saturated heterocycles. The lowest BCUT2D eigenvalue weighted by atomic mass is 10.2. The number of nitrogens with one attached hydrogen (secondary N) is 1. The predicted molar refractivity (Wildman–Crippen MR) is 31.6 cm³/mol. The minimum absolute atomic E-state index is 0.263. The first-order valence-corrected chi connectivity index (χ1v) is 2.87. The number of aliphatic imine (C=N–C) groups is 1. The minimum Gasteiger partial charge on any atom is -0.846 e. The van der Waals surface area contributed by atoms with Crippen molar-refractivity contribution in [3.05, 3.63) is 0 Å². The van der Waals surface area contributed by atoms with Gasteiger partial charge >= 0.3 is 5.97 Å². The van der Waals surface area contributed by atoms with Crippen LogP contribution in [-0.4, -0.2) is 29.0 Å². The molecule has 2 N–H and O–H groups in total. The van der Waals surface area contributed by atoms with Gasteiger partial charge in [-0.25, -0.2) is 4.79 Å². The first kappa shape index (κ1) is 7.52. The summed E-state index contributed by atoms with van der Waals surface area (Å²) in [7, 11) is 0. The van der Waals surface area contributed by atoms with Crippen molar-refractivity contribution in [1.29, 1.82) is 0 Å². The molecule has 0 fully saturated rings. The SMILES string of the molecule is O=C1CC(C(=O)O)N=C([O-])N1. The number of carbonyl (C=O) groups excluding carboxylic acids is 1. The van der Waals surface area contributed by atoms with Crippen molar-refractivity contribution in [2.45, 2.75) is 12.5 Å². The zero-order valence-corrected chi connectivity index (χ0v) is 5.40. The van der Waals surface area contributed by atoms with Gasteiger partial charge in [0.05, 0.1) is 12.4 Å². The van der Waals surface area contributed by atoms with Crippen LogP contribution in [-0.2, 0) is 9.59 Å². The molecular weight excluding hydrogens is 152 g/mol. The van der Waals surface area contributed by atoms with Gasteiger partial charge in [-0.2, -0.15) is 0 Å². The van der Waals surface area contributed by atoms with Crippen molar-refractivity contribution in [1.82, 2.24) is 5.32 Å². The number of amidine groups is 1. The monoisotopic (exact) mass is 157 g/mol. The lowest BCUT2D eigenvalue weighted by Gasteiger charge is -2.20. The average molecular weight is 157 g/mol. The molecule has 1 atom stereocenters. The molecule has 0 aromatic carbocycles. The van der Waals surface area contributed by atoms with E-state index in [4.69, 9.17) is 5.11 Å². The molecule has 1 rings (SSSR count). The van der Waals surface area contributed by atoms with Crippen LogP contribution >= 0.6 is 0 Å². The van der Waals surface area contributed by atoms with Crippen molar-refractivity contribution in [2.75, 3.05) is 0 Å². The average Bonchev–Trinajstić information content (AvgIpc) is 1.85. The molecule has 0 spiro atoms. The molecule has 0 saturated carbocycles. The maximum absolute atomic E-state index is 10.5. The lowest BCUT2D eigenvalue weighted by Crippen LogP contribution is -2.47. The summed E-state index contributed by atoms with van der Waals surface area (Å²) in [4.78, 5) is 23.9. The first-order valence-electron chi connectivity index (χ1n) is 2.87. The number of hydrogen-bond donors (Lipinski definition) is 2. The van der Waals surface area contributed by atoms with Crippen LogP contribution in [0.1, 0.15) is 6.42 Å². The van der Waals surface area contributed by atoms with Gasteiger partial charge in [0.2, 0.25) is 5.91 Å². The van der Waals surface area contributed by atoms with E-state index in [9.17, 15) is 14.7 Å². The summed E-state index contributed by atoms with van der Waals surface area (Å²) < 4.78 is 0. The van der Waals surface area contributed by atoms with Gasteiger partial charge in [-0.15, -0.1) is 0 Å². The van der Waals surface area contributed by atoms with Gasteiger partial charge in [0.25, 0.3) is 0 Å². The Morgan fingerprint density at radius 2 is 2.45 bits per heavy atom. The standard InChI is InChI=1S/C5H6N2O4/c8-3-1-2(4(9)10)6-5(11)7-3/h2H,1H2,(H,9,10)(H2,6,7,8,11)/p-1. The summed E-state index contributed by atoms with van der Waals surface area (Å²) in [5.41, 5.74) is 0. The number of hydrogen-bond acceptors (Lipinski definition) is 4. The summed E-state index contributed by atoms with van der Waals surface area (Å²) in [6.45, 7) is 0. The zero-order chi connectivity index (χ0) is 8.43. The second-order valence-electron chi connectivity index (χ2n) is 2.04. The van der Waals surface area contributed by atoms with E-state index < -0.39 is 23.9 Å². The molecule has 0 aromatic heterocycles.